The average Bonchev–Trinajstić information content (AvgIpc) is 2.31. The second kappa shape index (κ2) is 4.69. The predicted molar refractivity (Wildman–Crippen MR) is 62.7 cm³/mol. The van der Waals surface area contributed by atoms with Gasteiger partial charge in [0, 0.05) is 6.07 Å². The zero-order valence-electron chi connectivity index (χ0n) is 8.35. The number of benzene rings is 2. The van der Waals surface area contributed by atoms with Crippen molar-refractivity contribution in [2.24, 2.45) is 0 Å². The molecule has 0 heterocycles. The molecule has 3 heteroatoms. The monoisotopic (exact) mass is 229 g/mol. The van der Waals surface area contributed by atoms with Crippen LogP contribution in [0.15, 0.2) is 48.5 Å². The molecule has 2 aromatic carbocycles. The van der Waals surface area contributed by atoms with Crippen molar-refractivity contribution >= 4 is 11.6 Å². The van der Waals surface area contributed by atoms with Gasteiger partial charge in [-0.3, -0.25) is 0 Å². The Morgan fingerprint density at radius 1 is 1.00 bits per heavy atom. The van der Waals surface area contributed by atoms with Crippen molar-refractivity contribution in [1.29, 1.82) is 5.26 Å². The summed E-state index contributed by atoms with van der Waals surface area (Å²) in [6, 6.07) is 16.4. The Balaban J connectivity index is 2.24. The van der Waals surface area contributed by atoms with E-state index in [0.29, 0.717) is 16.3 Å². The van der Waals surface area contributed by atoms with Gasteiger partial charge in [-0.15, -0.1) is 0 Å². The van der Waals surface area contributed by atoms with Crippen LogP contribution in [0.2, 0.25) is 5.02 Å². The lowest BCUT2D eigenvalue weighted by Crippen LogP contribution is -1.84. The second-order valence-electron chi connectivity index (χ2n) is 3.17. The summed E-state index contributed by atoms with van der Waals surface area (Å²) in [6.45, 7) is 0. The number of hydrogen-bond acceptors (Lipinski definition) is 2. The largest absolute Gasteiger partial charge is 0.457 e. The van der Waals surface area contributed by atoms with Crippen molar-refractivity contribution in [3.05, 3.63) is 59.1 Å². The molecule has 0 aromatic heterocycles. The molecule has 0 radical (unpaired) electrons. The van der Waals surface area contributed by atoms with E-state index in [9.17, 15) is 0 Å². The summed E-state index contributed by atoms with van der Waals surface area (Å²) < 4.78 is 5.56. The smallest absolute Gasteiger partial charge is 0.129 e. The molecule has 0 aliphatic carbocycles. The molecule has 0 unspecified atom stereocenters. The Morgan fingerprint density at radius 3 is 2.38 bits per heavy atom. The zero-order chi connectivity index (χ0) is 11.4. The summed E-state index contributed by atoms with van der Waals surface area (Å²) in [5.41, 5.74) is 0.446. The molecule has 0 amide bonds. The molecule has 2 nitrogen and oxygen atoms in total. The number of hydrogen-bond donors (Lipinski definition) is 0. The number of ether oxygens (including phenoxy) is 1. The van der Waals surface area contributed by atoms with Crippen molar-refractivity contribution in [2.75, 3.05) is 0 Å². The first-order chi connectivity index (χ1) is 7.79. The van der Waals surface area contributed by atoms with Crippen LogP contribution in [-0.2, 0) is 0 Å². The van der Waals surface area contributed by atoms with Crippen LogP contribution >= 0.6 is 11.6 Å². The molecule has 0 aliphatic heterocycles. The molecule has 0 bridgehead atoms. The zero-order valence-corrected chi connectivity index (χ0v) is 9.11. The lowest BCUT2D eigenvalue weighted by Gasteiger charge is -2.05. The fourth-order valence-corrected chi connectivity index (χ4v) is 1.49. The first-order valence-corrected chi connectivity index (χ1v) is 5.10. The third-order valence-electron chi connectivity index (χ3n) is 2.04. The van der Waals surface area contributed by atoms with Crippen LogP contribution in [0.5, 0.6) is 11.5 Å². The van der Waals surface area contributed by atoms with Gasteiger partial charge >= 0.3 is 0 Å². The molecular weight excluding hydrogens is 222 g/mol. The van der Waals surface area contributed by atoms with Crippen LogP contribution in [-0.4, -0.2) is 0 Å². The Hall–Kier alpha value is -1.98. The minimum atomic E-state index is 0.399. The highest BCUT2D eigenvalue weighted by Gasteiger charge is 2.02. The topological polar surface area (TPSA) is 33.0 Å². The first-order valence-electron chi connectivity index (χ1n) is 4.72. The Bertz CT molecular complexity index is 531. The molecule has 0 aliphatic rings. The van der Waals surface area contributed by atoms with Crippen LogP contribution in [0.1, 0.15) is 5.56 Å². The highest BCUT2D eigenvalue weighted by Crippen LogP contribution is 2.26. The molecule has 2 aromatic rings. The molecule has 0 spiro atoms. The summed E-state index contributed by atoms with van der Waals surface area (Å²) in [4.78, 5) is 0. The van der Waals surface area contributed by atoms with Gasteiger partial charge in [-0.25, -0.2) is 0 Å². The highest BCUT2D eigenvalue weighted by molar-refractivity contribution is 6.31. The van der Waals surface area contributed by atoms with Gasteiger partial charge in [0.25, 0.3) is 0 Å². The molecular formula is C13H8ClNO. The number of rotatable bonds is 2. The maximum Gasteiger partial charge on any atom is 0.129 e. The number of nitriles is 1. The fourth-order valence-electron chi connectivity index (χ4n) is 1.27. The van der Waals surface area contributed by atoms with Crippen molar-refractivity contribution in [3.8, 4) is 17.6 Å². The average molecular weight is 230 g/mol. The Morgan fingerprint density at radius 2 is 1.75 bits per heavy atom. The normalized spacial score (nSPS) is 9.50. The molecule has 0 fully saturated rings. The number of halogens is 1. The summed E-state index contributed by atoms with van der Waals surface area (Å²) >= 11 is 5.89. The highest BCUT2D eigenvalue weighted by atomic mass is 35.5. The summed E-state index contributed by atoms with van der Waals surface area (Å²) in [6.07, 6.45) is 0. The molecule has 16 heavy (non-hydrogen) atoms. The van der Waals surface area contributed by atoms with Crippen LogP contribution in [0.3, 0.4) is 0 Å². The van der Waals surface area contributed by atoms with E-state index in [2.05, 4.69) is 0 Å². The van der Waals surface area contributed by atoms with E-state index in [1.54, 1.807) is 18.2 Å². The fraction of sp³-hybridized carbons (Fsp3) is 0. The molecule has 2 rings (SSSR count). The van der Waals surface area contributed by atoms with Gasteiger partial charge in [-0.05, 0) is 24.3 Å². The molecule has 78 valence electrons. The lowest BCUT2D eigenvalue weighted by molar-refractivity contribution is 0.482. The number of nitrogens with zero attached hydrogens (tertiary/aromatic N) is 1. The van der Waals surface area contributed by atoms with E-state index in [-0.39, 0.29) is 0 Å². The van der Waals surface area contributed by atoms with Gasteiger partial charge < -0.3 is 4.74 Å². The van der Waals surface area contributed by atoms with Gasteiger partial charge in [-0.1, -0.05) is 29.8 Å². The van der Waals surface area contributed by atoms with E-state index < -0.39 is 0 Å². The van der Waals surface area contributed by atoms with Gasteiger partial charge in [-0.2, -0.15) is 5.26 Å². The van der Waals surface area contributed by atoms with Crippen molar-refractivity contribution in [1.82, 2.24) is 0 Å². The van der Waals surface area contributed by atoms with E-state index in [4.69, 9.17) is 21.6 Å². The van der Waals surface area contributed by atoms with E-state index in [0.717, 1.165) is 5.75 Å². The maximum absolute atomic E-state index is 8.72. The third kappa shape index (κ3) is 2.33. The van der Waals surface area contributed by atoms with Crippen molar-refractivity contribution in [3.63, 3.8) is 0 Å². The predicted octanol–water partition coefficient (Wildman–Crippen LogP) is 4.00. The SMILES string of the molecule is N#Cc1ccc(Oc2ccccc2)cc1Cl. The van der Waals surface area contributed by atoms with Crippen LogP contribution in [0.25, 0.3) is 0 Å². The maximum atomic E-state index is 8.72. The quantitative estimate of drug-likeness (QED) is 0.780. The minimum Gasteiger partial charge on any atom is -0.457 e. The van der Waals surface area contributed by atoms with E-state index in [1.165, 1.54) is 0 Å². The Kier molecular flexibility index (Phi) is 3.09. The summed E-state index contributed by atoms with van der Waals surface area (Å²) in [7, 11) is 0. The number of para-hydroxylation sites is 1. The van der Waals surface area contributed by atoms with Crippen LogP contribution in [0.4, 0.5) is 0 Å². The first kappa shape index (κ1) is 10.5. The van der Waals surface area contributed by atoms with Crippen LogP contribution < -0.4 is 4.74 Å². The van der Waals surface area contributed by atoms with Crippen LogP contribution in [0, 0.1) is 11.3 Å². The lowest BCUT2D eigenvalue weighted by atomic mass is 10.2. The minimum absolute atomic E-state index is 0.399. The molecule has 0 saturated carbocycles. The standard InChI is InChI=1S/C13H8ClNO/c14-13-8-12(7-6-10(13)9-15)16-11-4-2-1-3-5-11/h1-8H. The van der Waals surface area contributed by atoms with E-state index in [1.807, 2.05) is 36.4 Å². The van der Waals surface area contributed by atoms with Crippen molar-refractivity contribution < 1.29 is 4.74 Å². The third-order valence-corrected chi connectivity index (χ3v) is 2.35. The van der Waals surface area contributed by atoms with Gasteiger partial charge in [0.1, 0.15) is 17.6 Å². The van der Waals surface area contributed by atoms with Gasteiger partial charge in [0.15, 0.2) is 0 Å². The molecule has 0 saturated heterocycles. The summed E-state index contributed by atoms with van der Waals surface area (Å²) in [5, 5.41) is 9.12. The van der Waals surface area contributed by atoms with E-state index >= 15 is 0 Å². The second-order valence-corrected chi connectivity index (χ2v) is 3.58. The molecule has 0 atom stereocenters. The van der Waals surface area contributed by atoms with Gasteiger partial charge in [0.2, 0.25) is 0 Å². The van der Waals surface area contributed by atoms with Gasteiger partial charge in [0.05, 0.1) is 10.6 Å². The Labute approximate surface area is 98.7 Å². The molecule has 0 N–H and O–H groups in total. The summed E-state index contributed by atoms with van der Waals surface area (Å²) in [5.74, 6) is 1.36. The van der Waals surface area contributed by atoms with Crippen molar-refractivity contribution in [2.45, 2.75) is 0 Å².